The van der Waals surface area contributed by atoms with Gasteiger partial charge in [0.05, 0.1) is 5.69 Å². The average Bonchev–Trinajstić information content (AvgIpc) is 3.04. The van der Waals surface area contributed by atoms with E-state index in [1.807, 2.05) is 34.5 Å². The van der Waals surface area contributed by atoms with Gasteiger partial charge < -0.3 is 10.2 Å². The summed E-state index contributed by atoms with van der Waals surface area (Å²) in [5.41, 5.74) is 2.04. The molecule has 0 spiro atoms. The maximum Gasteiger partial charge on any atom is 0.317 e. The fourth-order valence-corrected chi connectivity index (χ4v) is 3.72. The zero-order valence-corrected chi connectivity index (χ0v) is 14.5. The molecule has 1 saturated heterocycles. The van der Waals surface area contributed by atoms with E-state index in [0.29, 0.717) is 11.6 Å². The van der Waals surface area contributed by atoms with Gasteiger partial charge in [0.15, 0.2) is 0 Å². The van der Waals surface area contributed by atoms with Crippen molar-refractivity contribution >= 4 is 29.0 Å². The van der Waals surface area contributed by atoms with Crippen LogP contribution in [0.3, 0.4) is 0 Å². The van der Waals surface area contributed by atoms with Crippen molar-refractivity contribution in [2.45, 2.75) is 25.7 Å². The van der Waals surface area contributed by atoms with E-state index in [-0.39, 0.29) is 6.03 Å². The van der Waals surface area contributed by atoms with E-state index in [4.69, 9.17) is 11.6 Å². The molecule has 1 aliphatic heterocycles. The molecule has 0 radical (unpaired) electrons. The van der Waals surface area contributed by atoms with Crippen LogP contribution < -0.4 is 5.32 Å². The highest BCUT2D eigenvalue weighted by Crippen LogP contribution is 2.26. The van der Waals surface area contributed by atoms with Crippen molar-refractivity contribution in [3.05, 3.63) is 40.4 Å². The van der Waals surface area contributed by atoms with Crippen molar-refractivity contribution in [2.75, 3.05) is 19.6 Å². The lowest BCUT2D eigenvalue weighted by atomic mass is 10.1. The van der Waals surface area contributed by atoms with Crippen LogP contribution >= 0.6 is 22.9 Å². The largest absolute Gasteiger partial charge is 0.338 e. The molecule has 23 heavy (non-hydrogen) atoms. The van der Waals surface area contributed by atoms with Crippen LogP contribution in [0.15, 0.2) is 29.6 Å². The van der Waals surface area contributed by atoms with Gasteiger partial charge >= 0.3 is 6.03 Å². The molecule has 0 saturated carbocycles. The van der Waals surface area contributed by atoms with Gasteiger partial charge in [-0.25, -0.2) is 9.78 Å². The maximum atomic E-state index is 12.0. The first kappa shape index (κ1) is 16.3. The number of halogens is 1. The molecule has 0 aliphatic carbocycles. The number of hydrogen-bond acceptors (Lipinski definition) is 3. The average molecular weight is 350 g/mol. The summed E-state index contributed by atoms with van der Waals surface area (Å²) in [5, 5.41) is 6.71. The number of nitrogens with one attached hydrogen (secondary N) is 1. The van der Waals surface area contributed by atoms with Gasteiger partial charge in [0.25, 0.3) is 0 Å². The lowest BCUT2D eigenvalue weighted by Crippen LogP contribution is -2.43. The summed E-state index contributed by atoms with van der Waals surface area (Å²) in [4.78, 5) is 18.6. The number of thiazole rings is 1. The van der Waals surface area contributed by atoms with E-state index in [1.54, 1.807) is 11.3 Å². The van der Waals surface area contributed by atoms with Crippen LogP contribution in [-0.2, 0) is 6.42 Å². The Labute approximate surface area is 145 Å². The lowest BCUT2D eigenvalue weighted by Gasteiger charge is -2.26. The number of nitrogens with zero attached hydrogens (tertiary/aromatic N) is 2. The van der Waals surface area contributed by atoms with Crippen molar-refractivity contribution in [1.29, 1.82) is 0 Å². The quantitative estimate of drug-likeness (QED) is 0.899. The number of carbonyl (C=O) groups excluding carboxylic acids is 1. The zero-order chi connectivity index (χ0) is 16.1. The first-order valence-corrected chi connectivity index (χ1v) is 9.21. The maximum absolute atomic E-state index is 12.0. The van der Waals surface area contributed by atoms with Crippen LogP contribution in [0.5, 0.6) is 0 Å². The number of aromatic nitrogens is 1. The van der Waals surface area contributed by atoms with E-state index >= 15 is 0 Å². The van der Waals surface area contributed by atoms with Crippen LogP contribution in [0.2, 0.25) is 5.02 Å². The number of urea groups is 1. The van der Waals surface area contributed by atoms with Crippen LogP contribution in [0, 0.1) is 0 Å². The van der Waals surface area contributed by atoms with E-state index in [9.17, 15) is 4.79 Å². The zero-order valence-electron chi connectivity index (χ0n) is 12.9. The van der Waals surface area contributed by atoms with Crippen molar-refractivity contribution in [2.24, 2.45) is 0 Å². The number of likely N-dealkylation sites (tertiary alicyclic amines) is 1. The molecule has 1 aromatic carbocycles. The monoisotopic (exact) mass is 349 g/mol. The topological polar surface area (TPSA) is 45.2 Å². The minimum Gasteiger partial charge on any atom is -0.338 e. The Hall–Kier alpha value is -1.59. The molecule has 3 rings (SSSR count). The fourth-order valence-electron chi connectivity index (χ4n) is 2.68. The molecule has 0 bridgehead atoms. The summed E-state index contributed by atoms with van der Waals surface area (Å²) in [7, 11) is 0. The summed E-state index contributed by atoms with van der Waals surface area (Å²) in [6.07, 6.45) is 4.20. The number of hydrogen-bond donors (Lipinski definition) is 1. The SMILES string of the molecule is O=C(NCCc1csc(-c2cccc(Cl)c2)n1)N1CCCCC1. The molecule has 2 aromatic rings. The molecule has 4 nitrogen and oxygen atoms in total. The van der Waals surface area contributed by atoms with Gasteiger partial charge in [-0.15, -0.1) is 11.3 Å². The minimum absolute atomic E-state index is 0.0509. The molecule has 1 N–H and O–H groups in total. The third kappa shape index (κ3) is 4.45. The summed E-state index contributed by atoms with van der Waals surface area (Å²) in [6.45, 7) is 2.37. The third-order valence-corrected chi connectivity index (χ3v) is 5.10. The summed E-state index contributed by atoms with van der Waals surface area (Å²) >= 11 is 7.62. The Morgan fingerprint density at radius 1 is 1.30 bits per heavy atom. The molecule has 2 heterocycles. The fraction of sp³-hybridized carbons (Fsp3) is 0.412. The molecular weight excluding hydrogens is 330 g/mol. The molecule has 0 unspecified atom stereocenters. The molecule has 1 aromatic heterocycles. The Balaban J connectivity index is 1.50. The normalized spacial score (nSPS) is 14.7. The first-order chi connectivity index (χ1) is 11.2. The second-order valence-corrected chi connectivity index (χ2v) is 6.98. The Kier molecular flexibility index (Phi) is 5.51. The molecule has 2 amide bonds. The Morgan fingerprint density at radius 3 is 2.91 bits per heavy atom. The predicted octanol–water partition coefficient (Wildman–Crippen LogP) is 4.20. The van der Waals surface area contributed by atoms with Crippen molar-refractivity contribution < 1.29 is 4.79 Å². The van der Waals surface area contributed by atoms with E-state index in [1.165, 1.54) is 6.42 Å². The number of benzene rings is 1. The summed E-state index contributed by atoms with van der Waals surface area (Å²) < 4.78 is 0. The Morgan fingerprint density at radius 2 is 2.13 bits per heavy atom. The minimum atomic E-state index is 0.0509. The van der Waals surface area contributed by atoms with Crippen LogP contribution in [0.25, 0.3) is 10.6 Å². The standard InChI is InChI=1S/C17H20ClN3OS/c18-14-6-4-5-13(11-14)16-20-15(12-23-16)7-8-19-17(22)21-9-2-1-3-10-21/h4-6,11-12H,1-3,7-10H2,(H,19,22). The van der Waals surface area contributed by atoms with Crippen LogP contribution in [0.1, 0.15) is 25.0 Å². The van der Waals surface area contributed by atoms with Gasteiger partial charge in [-0.2, -0.15) is 0 Å². The smallest absolute Gasteiger partial charge is 0.317 e. The number of carbonyl (C=O) groups is 1. The first-order valence-electron chi connectivity index (χ1n) is 7.95. The van der Waals surface area contributed by atoms with Gasteiger partial charge in [0.2, 0.25) is 0 Å². The summed E-state index contributed by atoms with van der Waals surface area (Å²) in [6, 6.07) is 7.76. The van der Waals surface area contributed by atoms with E-state index < -0.39 is 0 Å². The van der Waals surface area contributed by atoms with Crippen LogP contribution in [-0.4, -0.2) is 35.5 Å². The highest BCUT2D eigenvalue weighted by molar-refractivity contribution is 7.13. The van der Waals surface area contributed by atoms with Gasteiger partial charge in [0, 0.05) is 42.0 Å². The number of piperidine rings is 1. The van der Waals surface area contributed by atoms with Gasteiger partial charge in [0.1, 0.15) is 5.01 Å². The predicted molar refractivity (Wildman–Crippen MR) is 95.1 cm³/mol. The summed E-state index contributed by atoms with van der Waals surface area (Å²) in [5.74, 6) is 0. The van der Waals surface area contributed by atoms with Gasteiger partial charge in [-0.3, -0.25) is 0 Å². The highest BCUT2D eigenvalue weighted by Gasteiger charge is 2.15. The molecule has 0 atom stereocenters. The van der Waals surface area contributed by atoms with Crippen molar-refractivity contribution in [1.82, 2.24) is 15.2 Å². The lowest BCUT2D eigenvalue weighted by molar-refractivity contribution is 0.186. The van der Waals surface area contributed by atoms with Gasteiger partial charge in [-0.1, -0.05) is 23.7 Å². The molecular formula is C17H20ClN3OS. The van der Waals surface area contributed by atoms with Crippen molar-refractivity contribution in [3.8, 4) is 10.6 Å². The molecule has 1 aliphatic rings. The molecule has 1 fully saturated rings. The third-order valence-electron chi connectivity index (χ3n) is 3.92. The van der Waals surface area contributed by atoms with E-state index in [2.05, 4.69) is 10.3 Å². The number of amides is 2. The van der Waals surface area contributed by atoms with E-state index in [0.717, 1.165) is 48.6 Å². The second kappa shape index (κ2) is 7.79. The highest BCUT2D eigenvalue weighted by atomic mass is 35.5. The molecule has 122 valence electrons. The Bertz CT molecular complexity index is 667. The van der Waals surface area contributed by atoms with Crippen LogP contribution in [0.4, 0.5) is 4.79 Å². The van der Waals surface area contributed by atoms with Gasteiger partial charge in [-0.05, 0) is 31.4 Å². The molecule has 6 heteroatoms. The number of rotatable bonds is 4. The van der Waals surface area contributed by atoms with Crippen molar-refractivity contribution in [3.63, 3.8) is 0 Å². The second-order valence-electron chi connectivity index (χ2n) is 5.68.